The summed E-state index contributed by atoms with van der Waals surface area (Å²) in [6.45, 7) is 0.174. The average molecular weight is 376 g/mol. The normalized spacial score (nSPS) is 11.5. The number of halogens is 2. The van der Waals surface area contributed by atoms with Crippen LogP contribution in [0.4, 0.5) is 5.69 Å². The van der Waals surface area contributed by atoms with Gasteiger partial charge in [-0.2, -0.15) is 0 Å². The Morgan fingerprint density at radius 3 is 2.60 bits per heavy atom. The van der Waals surface area contributed by atoms with Gasteiger partial charge >= 0.3 is 0 Å². The first-order chi connectivity index (χ1) is 9.38. The zero-order valence-corrected chi connectivity index (χ0v) is 13.5. The van der Waals surface area contributed by atoms with Gasteiger partial charge in [0.05, 0.1) is 9.92 Å². The molecule has 3 N–H and O–H groups in total. The summed E-state index contributed by atoms with van der Waals surface area (Å²) >= 11 is 9.05. The van der Waals surface area contributed by atoms with Crippen LogP contribution in [0.1, 0.15) is 5.56 Å². The zero-order valence-electron chi connectivity index (χ0n) is 10.3. The van der Waals surface area contributed by atoms with Crippen molar-refractivity contribution in [2.45, 2.75) is 11.4 Å². The Morgan fingerprint density at radius 2 is 1.95 bits per heavy atom. The Hall–Kier alpha value is -1.08. The molecular weight excluding hydrogens is 364 g/mol. The molecule has 106 valence electrons. The van der Waals surface area contributed by atoms with Gasteiger partial charge in [0.2, 0.25) is 10.0 Å². The van der Waals surface area contributed by atoms with Gasteiger partial charge in [-0.3, -0.25) is 0 Å². The van der Waals surface area contributed by atoms with Gasteiger partial charge in [-0.25, -0.2) is 13.1 Å². The van der Waals surface area contributed by atoms with E-state index in [9.17, 15) is 8.42 Å². The standard InChI is InChI=1S/C13H12BrClN2O2S/c14-12-7-11(4-5-13(12)15)20(18,19)17-8-9-2-1-3-10(16)6-9/h1-7,17H,8,16H2. The molecule has 0 radical (unpaired) electrons. The number of nitrogens with one attached hydrogen (secondary N) is 1. The number of hydrogen-bond donors (Lipinski definition) is 2. The minimum Gasteiger partial charge on any atom is -0.399 e. The maximum absolute atomic E-state index is 12.1. The van der Waals surface area contributed by atoms with Crippen LogP contribution < -0.4 is 10.5 Å². The second kappa shape index (κ2) is 6.13. The van der Waals surface area contributed by atoms with Crippen molar-refractivity contribution in [2.75, 3.05) is 5.73 Å². The van der Waals surface area contributed by atoms with E-state index in [1.807, 2.05) is 0 Å². The lowest BCUT2D eigenvalue weighted by atomic mass is 10.2. The van der Waals surface area contributed by atoms with Crippen LogP contribution in [-0.2, 0) is 16.6 Å². The summed E-state index contributed by atoms with van der Waals surface area (Å²) in [7, 11) is -3.59. The molecule has 0 fully saturated rings. The topological polar surface area (TPSA) is 72.2 Å². The molecule has 0 aliphatic carbocycles. The zero-order chi connectivity index (χ0) is 14.8. The molecule has 0 atom stereocenters. The van der Waals surface area contributed by atoms with Crippen LogP contribution in [0.2, 0.25) is 5.02 Å². The number of sulfonamides is 1. The Kier molecular flexibility index (Phi) is 4.70. The third-order valence-electron chi connectivity index (χ3n) is 2.62. The van der Waals surface area contributed by atoms with Gasteiger partial charge < -0.3 is 5.73 Å². The lowest BCUT2D eigenvalue weighted by Gasteiger charge is -2.08. The predicted molar refractivity (Wildman–Crippen MR) is 84.0 cm³/mol. The van der Waals surface area contributed by atoms with Crippen LogP contribution in [0.3, 0.4) is 0 Å². The molecule has 2 rings (SSSR count). The largest absolute Gasteiger partial charge is 0.399 e. The van der Waals surface area contributed by atoms with E-state index in [0.29, 0.717) is 15.2 Å². The first-order valence-electron chi connectivity index (χ1n) is 5.67. The summed E-state index contributed by atoms with van der Waals surface area (Å²) in [5.41, 5.74) is 7.03. The minimum absolute atomic E-state index is 0.151. The van der Waals surface area contributed by atoms with Crippen molar-refractivity contribution in [3.05, 3.63) is 57.5 Å². The SMILES string of the molecule is Nc1cccc(CNS(=O)(=O)c2ccc(Cl)c(Br)c2)c1. The highest BCUT2D eigenvalue weighted by atomic mass is 79.9. The number of benzene rings is 2. The smallest absolute Gasteiger partial charge is 0.240 e. The molecule has 2 aromatic carbocycles. The number of nitrogens with two attached hydrogens (primary N) is 1. The number of anilines is 1. The summed E-state index contributed by atoms with van der Waals surface area (Å²) in [5.74, 6) is 0. The molecule has 20 heavy (non-hydrogen) atoms. The fourth-order valence-electron chi connectivity index (χ4n) is 1.61. The fraction of sp³-hybridized carbons (Fsp3) is 0.0769. The van der Waals surface area contributed by atoms with Crippen molar-refractivity contribution in [2.24, 2.45) is 0 Å². The molecule has 0 aliphatic rings. The molecule has 0 aliphatic heterocycles. The fourth-order valence-corrected chi connectivity index (χ4v) is 3.30. The maximum atomic E-state index is 12.1. The number of nitrogen functional groups attached to an aromatic ring is 1. The molecule has 0 spiro atoms. The molecular formula is C13H12BrClN2O2S. The number of hydrogen-bond acceptors (Lipinski definition) is 3. The monoisotopic (exact) mass is 374 g/mol. The van der Waals surface area contributed by atoms with Gasteiger partial charge in [0.15, 0.2) is 0 Å². The van der Waals surface area contributed by atoms with Crippen molar-refractivity contribution >= 4 is 43.2 Å². The number of rotatable bonds is 4. The van der Waals surface area contributed by atoms with Crippen LogP contribution in [0, 0.1) is 0 Å². The molecule has 0 amide bonds. The van der Waals surface area contributed by atoms with Crippen LogP contribution in [0.25, 0.3) is 0 Å². The van der Waals surface area contributed by atoms with E-state index in [4.69, 9.17) is 17.3 Å². The molecule has 7 heteroatoms. The van der Waals surface area contributed by atoms with Crippen LogP contribution in [0.15, 0.2) is 51.8 Å². The molecule has 0 heterocycles. The second-order valence-corrected chi connectivity index (χ2v) is 7.17. The van der Waals surface area contributed by atoms with Gasteiger partial charge in [0, 0.05) is 16.7 Å². The van der Waals surface area contributed by atoms with E-state index >= 15 is 0 Å². The van der Waals surface area contributed by atoms with E-state index in [0.717, 1.165) is 5.56 Å². The first-order valence-corrected chi connectivity index (χ1v) is 8.33. The van der Waals surface area contributed by atoms with Gasteiger partial charge in [0.25, 0.3) is 0 Å². The minimum atomic E-state index is -3.59. The summed E-state index contributed by atoms with van der Waals surface area (Å²) in [4.78, 5) is 0.151. The van der Waals surface area contributed by atoms with Crippen molar-refractivity contribution < 1.29 is 8.42 Å². The van der Waals surface area contributed by atoms with Gasteiger partial charge in [-0.1, -0.05) is 23.7 Å². The van der Waals surface area contributed by atoms with Crippen molar-refractivity contribution in [3.63, 3.8) is 0 Å². The Morgan fingerprint density at radius 1 is 1.20 bits per heavy atom. The average Bonchev–Trinajstić information content (AvgIpc) is 2.40. The second-order valence-electron chi connectivity index (χ2n) is 4.15. The quantitative estimate of drug-likeness (QED) is 0.806. The van der Waals surface area contributed by atoms with Gasteiger partial charge in [-0.15, -0.1) is 0 Å². The van der Waals surface area contributed by atoms with Crippen LogP contribution >= 0.6 is 27.5 Å². The van der Waals surface area contributed by atoms with Gasteiger partial charge in [-0.05, 0) is 51.8 Å². The van der Waals surface area contributed by atoms with E-state index in [-0.39, 0.29) is 11.4 Å². The third kappa shape index (κ3) is 3.73. The van der Waals surface area contributed by atoms with Crippen molar-refractivity contribution in [1.82, 2.24) is 4.72 Å². The first kappa shape index (κ1) is 15.3. The Bertz CT molecular complexity index is 735. The highest BCUT2D eigenvalue weighted by Gasteiger charge is 2.15. The molecule has 0 saturated heterocycles. The van der Waals surface area contributed by atoms with Gasteiger partial charge in [0.1, 0.15) is 0 Å². The van der Waals surface area contributed by atoms with E-state index in [1.54, 1.807) is 24.3 Å². The Labute approximate surface area is 131 Å². The molecule has 0 aromatic heterocycles. The summed E-state index contributed by atoms with van der Waals surface area (Å²) in [6.07, 6.45) is 0. The van der Waals surface area contributed by atoms with Crippen LogP contribution in [-0.4, -0.2) is 8.42 Å². The molecule has 0 bridgehead atoms. The predicted octanol–water partition coefficient (Wildman–Crippen LogP) is 3.16. The molecule has 0 saturated carbocycles. The van der Waals surface area contributed by atoms with Crippen molar-refractivity contribution in [1.29, 1.82) is 0 Å². The highest BCUT2D eigenvalue weighted by molar-refractivity contribution is 9.10. The summed E-state index contributed by atoms with van der Waals surface area (Å²) < 4.78 is 27.3. The lowest BCUT2D eigenvalue weighted by molar-refractivity contribution is 0.581. The van der Waals surface area contributed by atoms with E-state index in [2.05, 4.69) is 20.7 Å². The Balaban J connectivity index is 2.17. The third-order valence-corrected chi connectivity index (χ3v) is 5.23. The van der Waals surface area contributed by atoms with E-state index < -0.39 is 10.0 Å². The van der Waals surface area contributed by atoms with Crippen molar-refractivity contribution in [3.8, 4) is 0 Å². The molecule has 2 aromatic rings. The summed E-state index contributed by atoms with van der Waals surface area (Å²) in [5, 5.41) is 0.458. The highest BCUT2D eigenvalue weighted by Crippen LogP contribution is 2.25. The lowest BCUT2D eigenvalue weighted by Crippen LogP contribution is -2.23. The summed E-state index contributed by atoms with van der Waals surface area (Å²) in [6, 6.07) is 11.5. The molecule has 4 nitrogen and oxygen atoms in total. The van der Waals surface area contributed by atoms with Crippen LogP contribution in [0.5, 0.6) is 0 Å². The maximum Gasteiger partial charge on any atom is 0.240 e. The molecule has 0 unspecified atom stereocenters. The van der Waals surface area contributed by atoms with E-state index in [1.165, 1.54) is 18.2 Å².